The Bertz CT molecular complexity index is 281. The molecule has 1 saturated carbocycles. The molecule has 3 unspecified atom stereocenters. The van der Waals surface area contributed by atoms with E-state index >= 15 is 0 Å². The van der Waals surface area contributed by atoms with Crippen molar-refractivity contribution in [2.45, 2.75) is 45.1 Å². The maximum absolute atomic E-state index is 11.4. The van der Waals surface area contributed by atoms with E-state index in [9.17, 15) is 9.90 Å². The summed E-state index contributed by atoms with van der Waals surface area (Å²) >= 11 is 0. The third-order valence-electron chi connectivity index (χ3n) is 4.50. The largest absolute Gasteiger partial charge is 0.481 e. The number of aliphatic carboxylic acids is 1. The normalized spacial score (nSPS) is 28.0. The van der Waals surface area contributed by atoms with E-state index in [4.69, 9.17) is 0 Å². The van der Waals surface area contributed by atoms with E-state index in [0.717, 1.165) is 38.8 Å². The molecule has 0 heterocycles. The van der Waals surface area contributed by atoms with Crippen molar-refractivity contribution in [1.82, 2.24) is 9.80 Å². The van der Waals surface area contributed by atoms with Crippen molar-refractivity contribution in [3.63, 3.8) is 0 Å². The molecular weight excluding hydrogens is 240 g/mol. The van der Waals surface area contributed by atoms with Crippen molar-refractivity contribution >= 4 is 5.97 Å². The molecule has 0 radical (unpaired) electrons. The van der Waals surface area contributed by atoms with E-state index in [1.165, 1.54) is 6.42 Å². The van der Waals surface area contributed by atoms with Crippen LogP contribution in [0.2, 0.25) is 0 Å². The minimum atomic E-state index is -0.612. The van der Waals surface area contributed by atoms with Gasteiger partial charge in [0.05, 0.1) is 5.92 Å². The monoisotopic (exact) mass is 270 g/mol. The maximum atomic E-state index is 11.4. The number of hydrogen-bond donors (Lipinski definition) is 1. The highest BCUT2D eigenvalue weighted by molar-refractivity contribution is 5.71. The Morgan fingerprint density at radius 2 is 1.89 bits per heavy atom. The van der Waals surface area contributed by atoms with Gasteiger partial charge >= 0.3 is 5.97 Å². The molecule has 0 spiro atoms. The van der Waals surface area contributed by atoms with E-state index in [1.54, 1.807) is 0 Å². The first kappa shape index (κ1) is 16.4. The molecule has 1 N–H and O–H groups in total. The lowest BCUT2D eigenvalue weighted by atomic mass is 9.76. The standard InChI is InChI=1S/C15H30N2O2/c1-5-12-7-8-13(15(18)19)14(11-12)17(4)10-6-9-16(2)3/h12-14H,5-11H2,1-4H3,(H,18,19). The third-order valence-corrected chi connectivity index (χ3v) is 4.50. The molecule has 1 aliphatic carbocycles. The van der Waals surface area contributed by atoms with Crippen LogP contribution in [0.15, 0.2) is 0 Å². The second-order valence-electron chi connectivity index (χ2n) is 6.24. The number of carbonyl (C=O) groups is 1. The van der Waals surface area contributed by atoms with Crippen LogP contribution in [-0.2, 0) is 4.79 Å². The zero-order valence-electron chi connectivity index (χ0n) is 12.9. The van der Waals surface area contributed by atoms with Crippen LogP contribution in [0.1, 0.15) is 39.0 Å². The predicted molar refractivity (Wildman–Crippen MR) is 78.3 cm³/mol. The van der Waals surface area contributed by atoms with Crippen molar-refractivity contribution in [3.8, 4) is 0 Å². The molecule has 0 aliphatic heterocycles. The smallest absolute Gasteiger partial charge is 0.308 e. The molecule has 19 heavy (non-hydrogen) atoms. The van der Waals surface area contributed by atoms with Crippen LogP contribution < -0.4 is 0 Å². The van der Waals surface area contributed by atoms with E-state index in [2.05, 4.69) is 37.9 Å². The van der Waals surface area contributed by atoms with Crippen LogP contribution in [-0.4, -0.2) is 61.2 Å². The highest BCUT2D eigenvalue weighted by atomic mass is 16.4. The molecule has 0 aromatic heterocycles. The number of nitrogens with zero attached hydrogens (tertiary/aromatic N) is 2. The summed E-state index contributed by atoms with van der Waals surface area (Å²) in [6, 6.07) is 0.221. The summed E-state index contributed by atoms with van der Waals surface area (Å²) in [5, 5.41) is 9.40. The molecule has 0 aromatic carbocycles. The first-order valence-corrected chi connectivity index (χ1v) is 7.53. The third kappa shape index (κ3) is 5.11. The Morgan fingerprint density at radius 1 is 1.21 bits per heavy atom. The van der Waals surface area contributed by atoms with Gasteiger partial charge in [0, 0.05) is 6.04 Å². The molecule has 1 aliphatic rings. The molecule has 0 aromatic rings. The van der Waals surface area contributed by atoms with Gasteiger partial charge in [-0.2, -0.15) is 0 Å². The molecule has 112 valence electrons. The minimum Gasteiger partial charge on any atom is -0.481 e. The topological polar surface area (TPSA) is 43.8 Å². The molecule has 0 bridgehead atoms. The number of carboxylic acids is 1. The van der Waals surface area contributed by atoms with Crippen molar-refractivity contribution in [3.05, 3.63) is 0 Å². The lowest BCUT2D eigenvalue weighted by molar-refractivity contribution is -0.146. The van der Waals surface area contributed by atoms with Gasteiger partial charge in [0.15, 0.2) is 0 Å². The molecule has 0 amide bonds. The Hall–Kier alpha value is -0.610. The van der Waals surface area contributed by atoms with E-state index in [0.29, 0.717) is 5.92 Å². The Labute approximate surface area is 117 Å². The van der Waals surface area contributed by atoms with Gasteiger partial charge in [0.1, 0.15) is 0 Å². The van der Waals surface area contributed by atoms with E-state index < -0.39 is 5.97 Å². The second kappa shape index (κ2) is 7.85. The Kier molecular flexibility index (Phi) is 6.80. The van der Waals surface area contributed by atoms with Gasteiger partial charge in [0.25, 0.3) is 0 Å². The van der Waals surface area contributed by atoms with Gasteiger partial charge in [-0.05, 0) is 65.8 Å². The van der Waals surface area contributed by atoms with Crippen LogP contribution in [0.3, 0.4) is 0 Å². The van der Waals surface area contributed by atoms with E-state index in [-0.39, 0.29) is 12.0 Å². The van der Waals surface area contributed by atoms with Crippen molar-refractivity contribution in [1.29, 1.82) is 0 Å². The number of carboxylic acid groups (broad SMARTS) is 1. The lowest BCUT2D eigenvalue weighted by Gasteiger charge is -2.39. The van der Waals surface area contributed by atoms with Gasteiger partial charge < -0.3 is 14.9 Å². The van der Waals surface area contributed by atoms with Crippen molar-refractivity contribution in [2.24, 2.45) is 11.8 Å². The highest BCUT2D eigenvalue weighted by Crippen LogP contribution is 2.33. The van der Waals surface area contributed by atoms with Crippen LogP contribution in [0.25, 0.3) is 0 Å². The van der Waals surface area contributed by atoms with Crippen LogP contribution in [0, 0.1) is 11.8 Å². The fourth-order valence-electron chi connectivity index (χ4n) is 3.18. The molecular formula is C15H30N2O2. The summed E-state index contributed by atoms with van der Waals surface area (Å²) in [4.78, 5) is 15.9. The zero-order chi connectivity index (χ0) is 14.4. The van der Waals surface area contributed by atoms with Gasteiger partial charge in [-0.3, -0.25) is 4.79 Å². The van der Waals surface area contributed by atoms with Gasteiger partial charge in [-0.1, -0.05) is 13.3 Å². The molecule has 4 nitrogen and oxygen atoms in total. The Morgan fingerprint density at radius 3 is 2.42 bits per heavy atom. The van der Waals surface area contributed by atoms with Crippen molar-refractivity contribution in [2.75, 3.05) is 34.2 Å². The van der Waals surface area contributed by atoms with Crippen LogP contribution >= 0.6 is 0 Å². The summed E-state index contributed by atoms with van der Waals surface area (Å²) in [7, 11) is 6.25. The average molecular weight is 270 g/mol. The Balaban J connectivity index is 2.54. The molecule has 3 atom stereocenters. The zero-order valence-corrected chi connectivity index (χ0v) is 12.9. The SMILES string of the molecule is CCC1CCC(C(=O)O)C(N(C)CCCN(C)C)C1. The summed E-state index contributed by atoms with van der Waals surface area (Å²) < 4.78 is 0. The van der Waals surface area contributed by atoms with Crippen LogP contribution in [0.5, 0.6) is 0 Å². The second-order valence-corrected chi connectivity index (χ2v) is 6.24. The summed E-state index contributed by atoms with van der Waals surface area (Å²) in [6.45, 7) is 4.27. The summed E-state index contributed by atoms with van der Waals surface area (Å²) in [6.07, 6.45) is 5.25. The summed E-state index contributed by atoms with van der Waals surface area (Å²) in [5.74, 6) is -0.0805. The minimum absolute atomic E-state index is 0.174. The van der Waals surface area contributed by atoms with Gasteiger partial charge in [-0.25, -0.2) is 0 Å². The number of hydrogen-bond acceptors (Lipinski definition) is 3. The molecule has 0 saturated heterocycles. The maximum Gasteiger partial charge on any atom is 0.308 e. The molecule has 4 heteroatoms. The van der Waals surface area contributed by atoms with Gasteiger partial charge in [-0.15, -0.1) is 0 Å². The highest BCUT2D eigenvalue weighted by Gasteiger charge is 2.36. The fraction of sp³-hybridized carbons (Fsp3) is 0.933. The fourth-order valence-corrected chi connectivity index (χ4v) is 3.18. The average Bonchev–Trinajstić information content (AvgIpc) is 2.37. The quantitative estimate of drug-likeness (QED) is 0.770. The lowest BCUT2D eigenvalue weighted by Crippen LogP contribution is -2.46. The predicted octanol–water partition coefficient (Wildman–Crippen LogP) is 2.15. The van der Waals surface area contributed by atoms with Crippen LogP contribution in [0.4, 0.5) is 0 Å². The molecule has 1 rings (SSSR count). The van der Waals surface area contributed by atoms with Crippen molar-refractivity contribution < 1.29 is 9.90 Å². The van der Waals surface area contributed by atoms with Gasteiger partial charge in [0.2, 0.25) is 0 Å². The van der Waals surface area contributed by atoms with E-state index in [1.807, 2.05) is 0 Å². The first-order chi connectivity index (χ1) is 8.95. The first-order valence-electron chi connectivity index (χ1n) is 7.53. The molecule has 1 fully saturated rings. The number of rotatable bonds is 7. The summed E-state index contributed by atoms with van der Waals surface area (Å²) in [5.41, 5.74) is 0.